The monoisotopic (exact) mass is 367 g/mol. The van der Waals surface area contributed by atoms with E-state index in [1.54, 1.807) is 11.3 Å². The van der Waals surface area contributed by atoms with E-state index in [1.807, 2.05) is 7.05 Å². The zero-order chi connectivity index (χ0) is 14.7. The van der Waals surface area contributed by atoms with Crippen LogP contribution >= 0.6 is 27.3 Å². The average Bonchev–Trinajstić information content (AvgIpc) is 3.15. The molecule has 0 saturated heterocycles. The molecule has 1 fully saturated rings. The minimum Gasteiger partial charge on any atom is -0.312 e. The third-order valence-corrected chi connectivity index (χ3v) is 6.11. The molecule has 1 N–H and O–H groups in total. The molecule has 0 spiro atoms. The van der Waals surface area contributed by atoms with Crippen LogP contribution in [0.1, 0.15) is 54.8 Å². The first-order valence-electron chi connectivity index (χ1n) is 7.71. The number of hydrogen-bond acceptors (Lipinski definition) is 3. The summed E-state index contributed by atoms with van der Waals surface area (Å²) in [5.41, 5.74) is 1.18. The molecule has 1 saturated carbocycles. The van der Waals surface area contributed by atoms with Crippen LogP contribution in [0.15, 0.2) is 28.2 Å². The normalized spacial score (nSPS) is 18.0. The van der Waals surface area contributed by atoms with Crippen molar-refractivity contribution in [3.63, 3.8) is 0 Å². The van der Waals surface area contributed by atoms with E-state index in [1.165, 1.54) is 42.7 Å². The summed E-state index contributed by atoms with van der Waals surface area (Å²) < 4.78 is 3.36. The maximum atomic E-state index is 4.82. The Morgan fingerprint density at radius 1 is 1.43 bits per heavy atom. The van der Waals surface area contributed by atoms with Gasteiger partial charge in [-0.15, -0.1) is 11.3 Å². The van der Waals surface area contributed by atoms with Gasteiger partial charge in [-0.25, -0.2) is 0 Å². The van der Waals surface area contributed by atoms with Crippen molar-refractivity contribution in [2.24, 2.45) is 0 Å². The molecule has 1 aliphatic carbocycles. The van der Waals surface area contributed by atoms with Gasteiger partial charge in [-0.1, -0.05) is 19.3 Å². The molecule has 3 rings (SSSR count). The van der Waals surface area contributed by atoms with Crippen molar-refractivity contribution in [1.29, 1.82) is 0 Å². The number of likely N-dealkylation sites (N-methyl/N-ethyl adjacent to an activating group) is 1. The Morgan fingerprint density at radius 2 is 2.24 bits per heavy atom. The summed E-state index contributed by atoms with van der Waals surface area (Å²) in [5, 5.41) is 10.4. The first-order valence-corrected chi connectivity index (χ1v) is 9.39. The van der Waals surface area contributed by atoms with E-state index in [0.29, 0.717) is 12.1 Å². The fraction of sp³-hybridized carbons (Fsp3) is 0.562. The smallest absolute Gasteiger partial charge is 0.0644 e. The summed E-state index contributed by atoms with van der Waals surface area (Å²) in [6, 6.07) is 5.35. The summed E-state index contributed by atoms with van der Waals surface area (Å²) >= 11 is 5.33. The Morgan fingerprint density at radius 3 is 2.90 bits per heavy atom. The van der Waals surface area contributed by atoms with Crippen LogP contribution < -0.4 is 5.32 Å². The van der Waals surface area contributed by atoms with Gasteiger partial charge in [0.25, 0.3) is 0 Å². The number of thiophene rings is 1. The second kappa shape index (κ2) is 7.07. The summed E-state index contributed by atoms with van der Waals surface area (Å²) in [6.45, 7) is 0. The molecule has 1 atom stereocenters. The predicted molar refractivity (Wildman–Crippen MR) is 91.9 cm³/mol. The van der Waals surface area contributed by atoms with Crippen LogP contribution in [0.25, 0.3) is 0 Å². The molecule has 2 aromatic heterocycles. The highest BCUT2D eigenvalue weighted by Crippen LogP contribution is 2.29. The van der Waals surface area contributed by atoms with E-state index in [-0.39, 0.29) is 0 Å². The van der Waals surface area contributed by atoms with E-state index in [2.05, 4.69) is 49.6 Å². The summed E-state index contributed by atoms with van der Waals surface area (Å²) in [7, 11) is 2.02. The maximum absolute atomic E-state index is 4.82. The lowest BCUT2D eigenvalue weighted by Gasteiger charge is -2.22. The van der Waals surface area contributed by atoms with Crippen molar-refractivity contribution in [3.8, 4) is 0 Å². The molecule has 5 heteroatoms. The Bertz CT molecular complexity index is 572. The fourth-order valence-corrected chi connectivity index (χ4v) is 4.66. The number of rotatable bonds is 5. The Labute approximate surface area is 138 Å². The number of halogens is 1. The van der Waals surface area contributed by atoms with E-state index in [9.17, 15) is 0 Å². The number of nitrogens with one attached hydrogen (secondary N) is 1. The quantitative estimate of drug-likeness (QED) is 0.828. The Kier molecular flexibility index (Phi) is 5.14. The standard InChI is InChI=1S/C16H22BrN3S/c1-18-15(16-9-12(17)11-21-16)10-13-7-8-20(19-13)14-5-3-2-4-6-14/h7-9,11,14-15,18H,2-6,10H2,1H3. The predicted octanol–water partition coefficient (Wildman–Crippen LogP) is 4.72. The van der Waals surface area contributed by atoms with Crippen LogP contribution in [-0.4, -0.2) is 16.8 Å². The molecule has 2 aromatic rings. The van der Waals surface area contributed by atoms with Crippen molar-refractivity contribution in [2.45, 2.75) is 50.6 Å². The highest BCUT2D eigenvalue weighted by Gasteiger charge is 2.18. The zero-order valence-electron chi connectivity index (χ0n) is 12.4. The largest absolute Gasteiger partial charge is 0.312 e. The third-order valence-electron chi connectivity index (χ3n) is 4.31. The summed E-state index contributed by atoms with van der Waals surface area (Å²) in [5.74, 6) is 0. The van der Waals surface area contributed by atoms with Crippen molar-refractivity contribution in [3.05, 3.63) is 38.8 Å². The van der Waals surface area contributed by atoms with Crippen LogP contribution in [-0.2, 0) is 6.42 Å². The van der Waals surface area contributed by atoms with Gasteiger partial charge in [0, 0.05) is 33.4 Å². The molecule has 21 heavy (non-hydrogen) atoms. The summed E-state index contributed by atoms with van der Waals surface area (Å²) in [4.78, 5) is 1.36. The van der Waals surface area contributed by atoms with E-state index in [4.69, 9.17) is 5.10 Å². The van der Waals surface area contributed by atoms with Crippen molar-refractivity contribution >= 4 is 27.3 Å². The highest BCUT2D eigenvalue weighted by atomic mass is 79.9. The number of nitrogens with zero attached hydrogens (tertiary/aromatic N) is 2. The van der Waals surface area contributed by atoms with Gasteiger partial charge in [0.2, 0.25) is 0 Å². The van der Waals surface area contributed by atoms with E-state index in [0.717, 1.165) is 10.9 Å². The van der Waals surface area contributed by atoms with Crippen molar-refractivity contribution in [2.75, 3.05) is 7.05 Å². The topological polar surface area (TPSA) is 29.9 Å². The maximum Gasteiger partial charge on any atom is 0.0644 e. The van der Waals surface area contributed by atoms with Crippen molar-refractivity contribution < 1.29 is 0 Å². The number of aromatic nitrogens is 2. The molecule has 0 amide bonds. The number of hydrogen-bond donors (Lipinski definition) is 1. The molecule has 1 aliphatic rings. The molecular formula is C16H22BrN3S. The van der Waals surface area contributed by atoms with Gasteiger partial charge < -0.3 is 5.32 Å². The van der Waals surface area contributed by atoms with Gasteiger partial charge in [0.1, 0.15) is 0 Å². The third kappa shape index (κ3) is 3.76. The minimum absolute atomic E-state index is 0.344. The van der Waals surface area contributed by atoms with Crippen LogP contribution in [0.3, 0.4) is 0 Å². The molecule has 0 aromatic carbocycles. The molecule has 3 nitrogen and oxygen atoms in total. The van der Waals surface area contributed by atoms with Gasteiger partial charge in [-0.3, -0.25) is 4.68 Å². The highest BCUT2D eigenvalue weighted by molar-refractivity contribution is 9.10. The zero-order valence-corrected chi connectivity index (χ0v) is 14.8. The Hall–Kier alpha value is -0.650. The Balaban J connectivity index is 1.68. The van der Waals surface area contributed by atoms with Crippen LogP contribution in [0.2, 0.25) is 0 Å². The average molecular weight is 368 g/mol. The molecule has 0 bridgehead atoms. The minimum atomic E-state index is 0.344. The fourth-order valence-electron chi connectivity index (χ4n) is 3.10. The van der Waals surface area contributed by atoms with E-state index < -0.39 is 0 Å². The molecular weight excluding hydrogens is 346 g/mol. The first kappa shape index (κ1) is 15.3. The molecule has 1 unspecified atom stereocenters. The van der Waals surface area contributed by atoms with Gasteiger partial charge in [0.15, 0.2) is 0 Å². The van der Waals surface area contributed by atoms with Crippen molar-refractivity contribution in [1.82, 2.24) is 15.1 Å². The second-order valence-electron chi connectivity index (χ2n) is 5.79. The second-order valence-corrected chi connectivity index (χ2v) is 7.65. The van der Waals surface area contributed by atoms with Crippen LogP contribution in [0.5, 0.6) is 0 Å². The molecule has 2 heterocycles. The van der Waals surface area contributed by atoms with Gasteiger partial charge in [0.05, 0.1) is 11.7 Å². The first-order chi connectivity index (χ1) is 10.3. The van der Waals surface area contributed by atoms with Gasteiger partial charge in [-0.2, -0.15) is 5.10 Å². The van der Waals surface area contributed by atoms with Crippen LogP contribution in [0, 0.1) is 0 Å². The van der Waals surface area contributed by atoms with Gasteiger partial charge in [-0.05, 0) is 48.0 Å². The lowest BCUT2D eigenvalue weighted by Crippen LogP contribution is -2.18. The SMILES string of the molecule is CNC(Cc1ccn(C2CCCCC2)n1)c1cc(Br)cs1. The van der Waals surface area contributed by atoms with Crippen LogP contribution in [0.4, 0.5) is 0 Å². The molecule has 0 aliphatic heterocycles. The van der Waals surface area contributed by atoms with E-state index >= 15 is 0 Å². The lowest BCUT2D eigenvalue weighted by molar-refractivity contribution is 0.327. The molecule has 114 valence electrons. The summed E-state index contributed by atoms with van der Waals surface area (Å²) in [6.07, 6.45) is 9.78. The molecule has 0 radical (unpaired) electrons. The lowest BCUT2D eigenvalue weighted by atomic mass is 9.96. The van der Waals surface area contributed by atoms with Gasteiger partial charge >= 0.3 is 0 Å².